The van der Waals surface area contributed by atoms with E-state index in [1.54, 1.807) is 0 Å². The summed E-state index contributed by atoms with van der Waals surface area (Å²) in [6.45, 7) is 0. The first-order chi connectivity index (χ1) is 4.46. The molecule has 0 rings (SSSR count). The molecule has 12 heteroatoms. The number of rotatable bonds is 3. The summed E-state index contributed by atoms with van der Waals surface area (Å²) < 4.78 is 0. The molecular formula is C4H12NaO10Rb. The quantitative estimate of drug-likeness (QED) is 0.475. The zero-order valence-electron chi connectivity index (χ0n) is 8.68. The molecule has 0 aromatic heterocycles. The Kier molecular flexibility index (Phi) is 58.8. The number of aliphatic hydroxyl groups excluding tert-OH is 2. The Hall–Kier alpha value is 1.51. The zero-order chi connectivity index (χ0) is 8.31. The van der Waals surface area contributed by atoms with Crippen LogP contribution in [0.25, 0.3) is 0 Å². The van der Waals surface area contributed by atoms with Gasteiger partial charge in [-0.25, -0.2) is 0 Å². The summed E-state index contributed by atoms with van der Waals surface area (Å²) in [5.41, 5.74) is 0. The molecule has 0 radical (unpaired) electrons. The molecule has 2 unspecified atom stereocenters. The third-order valence-electron chi connectivity index (χ3n) is 0.782. The maximum absolute atomic E-state index is 9.63. The molecule has 0 aromatic rings. The van der Waals surface area contributed by atoms with E-state index in [2.05, 4.69) is 0 Å². The van der Waals surface area contributed by atoms with Gasteiger partial charge in [-0.05, 0) is 0 Å². The average Bonchev–Trinajstić information content (AvgIpc) is 1.84. The van der Waals surface area contributed by atoms with Crippen molar-refractivity contribution in [2.24, 2.45) is 0 Å². The van der Waals surface area contributed by atoms with Crippen LogP contribution in [0.4, 0.5) is 0 Å². The molecule has 0 aliphatic heterocycles. The van der Waals surface area contributed by atoms with Gasteiger partial charge in [-0.15, -0.1) is 0 Å². The van der Waals surface area contributed by atoms with E-state index >= 15 is 0 Å². The van der Waals surface area contributed by atoms with Crippen LogP contribution in [0.5, 0.6) is 0 Å². The van der Waals surface area contributed by atoms with Gasteiger partial charge in [-0.2, -0.15) is 0 Å². The van der Waals surface area contributed by atoms with Crippen molar-refractivity contribution in [3.8, 4) is 0 Å². The van der Waals surface area contributed by atoms with Crippen LogP contribution in [0.15, 0.2) is 0 Å². The van der Waals surface area contributed by atoms with E-state index in [4.69, 9.17) is 10.2 Å². The number of hydrogen-bond acceptors (Lipinski definition) is 6. The Balaban J connectivity index is -0.0000000270. The van der Waals surface area contributed by atoms with Crippen molar-refractivity contribution in [1.29, 1.82) is 0 Å². The van der Waals surface area contributed by atoms with Crippen LogP contribution in [-0.4, -0.2) is 56.3 Å². The standard InChI is InChI=1S/C4H6O6.Na.4H2O.Rb/c5-1(3(7)8)2(6)4(9)10;;;;;;/h1-2,5-6H,(H,7,8)(H,9,10);;4*1H2;/q;+1;;;;;+1/p-2. The Morgan fingerprint density at radius 2 is 0.938 bits per heavy atom. The molecule has 0 fully saturated rings. The number of carbonyl (C=O) groups excluding carboxylic acids is 2. The SMILES string of the molecule is O.O.O.O.O=C([O-])C(O)C(O)C(=O)[O-].[Na+].[Rb+]. The molecular weight excluding hydrogens is 316 g/mol. The van der Waals surface area contributed by atoms with Crippen LogP contribution >= 0.6 is 0 Å². The minimum Gasteiger partial charge on any atom is -0.547 e. The maximum Gasteiger partial charge on any atom is 1.00 e. The van der Waals surface area contributed by atoms with Crippen molar-refractivity contribution in [3.05, 3.63) is 0 Å². The van der Waals surface area contributed by atoms with Gasteiger partial charge < -0.3 is 51.9 Å². The summed E-state index contributed by atoms with van der Waals surface area (Å²) in [4.78, 5) is 19.3. The van der Waals surface area contributed by atoms with Crippen molar-refractivity contribution < 1.29 is 140 Å². The molecule has 0 aromatic carbocycles. The molecule has 0 saturated heterocycles. The second kappa shape index (κ2) is 21.8. The van der Waals surface area contributed by atoms with Gasteiger partial charge >= 0.3 is 87.7 Å². The first kappa shape index (κ1) is 43.2. The topological polar surface area (TPSA) is 247 Å². The Morgan fingerprint density at radius 1 is 0.812 bits per heavy atom. The van der Waals surface area contributed by atoms with E-state index < -0.39 is 24.1 Å². The number of carbonyl (C=O) groups is 2. The number of hydrogen-bond donors (Lipinski definition) is 2. The van der Waals surface area contributed by atoms with Crippen LogP contribution in [-0.2, 0) is 9.59 Å². The van der Waals surface area contributed by atoms with Crippen molar-refractivity contribution in [1.82, 2.24) is 0 Å². The third-order valence-corrected chi connectivity index (χ3v) is 0.782. The summed E-state index contributed by atoms with van der Waals surface area (Å²) in [6, 6.07) is 0. The van der Waals surface area contributed by atoms with E-state index in [-0.39, 0.29) is 110 Å². The van der Waals surface area contributed by atoms with Crippen molar-refractivity contribution >= 4 is 11.9 Å². The van der Waals surface area contributed by atoms with Crippen molar-refractivity contribution in [2.45, 2.75) is 12.2 Å². The van der Waals surface area contributed by atoms with E-state index in [1.165, 1.54) is 0 Å². The van der Waals surface area contributed by atoms with Gasteiger partial charge in [0.2, 0.25) is 0 Å². The van der Waals surface area contributed by atoms with Gasteiger partial charge in [0.05, 0.1) is 11.9 Å². The van der Waals surface area contributed by atoms with E-state index in [0.29, 0.717) is 0 Å². The molecule has 10 N–H and O–H groups in total. The molecule has 90 valence electrons. The van der Waals surface area contributed by atoms with Crippen molar-refractivity contribution in [3.63, 3.8) is 0 Å². The van der Waals surface area contributed by atoms with Crippen LogP contribution < -0.4 is 98.0 Å². The van der Waals surface area contributed by atoms with Crippen LogP contribution in [0, 0.1) is 0 Å². The fourth-order valence-corrected chi connectivity index (χ4v) is 0.258. The van der Waals surface area contributed by atoms with E-state index in [0.717, 1.165) is 0 Å². The summed E-state index contributed by atoms with van der Waals surface area (Å²) in [7, 11) is 0. The van der Waals surface area contributed by atoms with Crippen LogP contribution in [0.3, 0.4) is 0 Å². The monoisotopic (exact) mass is 328 g/mol. The minimum absolute atomic E-state index is 0. The summed E-state index contributed by atoms with van der Waals surface area (Å²) >= 11 is 0. The van der Waals surface area contributed by atoms with Crippen LogP contribution in [0.2, 0.25) is 0 Å². The zero-order valence-corrected chi connectivity index (χ0v) is 15.6. The van der Waals surface area contributed by atoms with Gasteiger partial charge in [0.1, 0.15) is 12.2 Å². The predicted octanol–water partition coefficient (Wildman–Crippen LogP) is -14.1. The largest absolute Gasteiger partial charge is 1.00 e. The minimum atomic E-state index is -2.44. The first-order valence-electron chi connectivity index (χ1n) is 2.24. The van der Waals surface area contributed by atoms with E-state index in [1.807, 2.05) is 0 Å². The van der Waals surface area contributed by atoms with Crippen LogP contribution in [0.1, 0.15) is 0 Å². The van der Waals surface area contributed by atoms with Gasteiger partial charge in [0.25, 0.3) is 0 Å². The number of aliphatic hydroxyl groups is 2. The Morgan fingerprint density at radius 3 is 1.00 bits per heavy atom. The molecule has 0 amide bonds. The summed E-state index contributed by atoms with van der Waals surface area (Å²) in [6.07, 6.45) is -4.88. The van der Waals surface area contributed by atoms with Gasteiger partial charge in [0, 0.05) is 0 Å². The molecule has 0 heterocycles. The first-order valence-corrected chi connectivity index (χ1v) is 2.24. The van der Waals surface area contributed by atoms with Gasteiger partial charge in [0.15, 0.2) is 0 Å². The molecule has 10 nitrogen and oxygen atoms in total. The molecule has 2 atom stereocenters. The second-order valence-corrected chi connectivity index (χ2v) is 1.53. The number of carboxylic acids is 2. The fraction of sp³-hybridized carbons (Fsp3) is 0.500. The summed E-state index contributed by atoms with van der Waals surface area (Å²) in [5, 5.41) is 35.7. The molecule has 0 aliphatic carbocycles. The summed E-state index contributed by atoms with van der Waals surface area (Å²) in [5.74, 6) is -4.12. The smallest absolute Gasteiger partial charge is 0.547 e. The predicted molar refractivity (Wildman–Crippen MR) is 36.5 cm³/mol. The average molecular weight is 329 g/mol. The normalized spacial score (nSPS) is 9.88. The molecule has 0 bridgehead atoms. The Labute approximate surface area is 161 Å². The van der Waals surface area contributed by atoms with Crippen molar-refractivity contribution in [2.75, 3.05) is 0 Å². The Bertz CT molecular complexity index is 147. The van der Waals surface area contributed by atoms with Gasteiger partial charge in [-0.3, -0.25) is 0 Å². The molecule has 0 aliphatic rings. The molecule has 0 saturated carbocycles. The number of carboxylic acid groups (broad SMARTS) is 2. The molecule has 0 spiro atoms. The molecule has 16 heavy (non-hydrogen) atoms. The fourth-order valence-electron chi connectivity index (χ4n) is 0.258. The maximum atomic E-state index is 9.63. The second-order valence-electron chi connectivity index (χ2n) is 1.53. The third kappa shape index (κ3) is 17.9. The number of aliphatic carboxylic acids is 2. The van der Waals surface area contributed by atoms with E-state index in [9.17, 15) is 19.8 Å². The van der Waals surface area contributed by atoms with Gasteiger partial charge in [-0.1, -0.05) is 0 Å².